The molecule has 4 unspecified atom stereocenters. The van der Waals surface area contributed by atoms with E-state index in [1.54, 1.807) is 13.8 Å². The summed E-state index contributed by atoms with van der Waals surface area (Å²) in [7, 11) is 0. The van der Waals surface area contributed by atoms with Crippen molar-refractivity contribution in [1.82, 2.24) is 16.0 Å². The molecule has 0 aliphatic carbocycles. The smallest absolute Gasteiger partial charge is 0.328 e. The highest BCUT2D eigenvalue weighted by Gasteiger charge is 2.32. The van der Waals surface area contributed by atoms with Gasteiger partial charge in [0.1, 0.15) is 12.1 Å². The zero-order valence-electron chi connectivity index (χ0n) is 14.4. The highest BCUT2D eigenvalue weighted by atomic mass is 32.1. The first kappa shape index (κ1) is 23.1. The van der Waals surface area contributed by atoms with E-state index >= 15 is 0 Å². The van der Waals surface area contributed by atoms with E-state index in [0.717, 1.165) is 0 Å². The summed E-state index contributed by atoms with van der Waals surface area (Å²) in [6.07, 6.45) is -1.32. The van der Waals surface area contributed by atoms with Gasteiger partial charge in [0.2, 0.25) is 17.7 Å². The Balaban J connectivity index is 5.10. The van der Waals surface area contributed by atoms with Crippen LogP contribution < -0.4 is 21.7 Å². The van der Waals surface area contributed by atoms with Gasteiger partial charge in [-0.15, -0.1) is 0 Å². The lowest BCUT2D eigenvalue weighted by Gasteiger charge is -2.26. The van der Waals surface area contributed by atoms with Crippen LogP contribution in [0, 0.1) is 5.92 Å². The van der Waals surface area contributed by atoms with Gasteiger partial charge in [-0.1, -0.05) is 13.8 Å². The highest BCUT2D eigenvalue weighted by Crippen LogP contribution is 2.05. The molecule has 0 spiro atoms. The molecule has 7 N–H and O–H groups in total. The zero-order chi connectivity index (χ0) is 19.7. The molecule has 0 aliphatic heterocycles. The van der Waals surface area contributed by atoms with Crippen molar-refractivity contribution in [3.63, 3.8) is 0 Å². The molecule has 10 nitrogen and oxygen atoms in total. The number of carboxylic acids is 1. The van der Waals surface area contributed by atoms with Crippen LogP contribution in [0.5, 0.6) is 0 Å². The van der Waals surface area contributed by atoms with Crippen molar-refractivity contribution in [2.24, 2.45) is 11.7 Å². The van der Waals surface area contributed by atoms with Crippen LogP contribution in [0.2, 0.25) is 0 Å². The van der Waals surface area contributed by atoms with Crippen molar-refractivity contribution < 1.29 is 29.4 Å². The van der Waals surface area contributed by atoms with Gasteiger partial charge in [0.15, 0.2) is 6.04 Å². The molecule has 0 aromatic heterocycles. The first-order valence-electron chi connectivity index (χ1n) is 7.67. The molecule has 0 saturated heterocycles. The standard InChI is InChI=1S/C14H26N4O6S/c1-6(2)10(13(22)18-11(7(3)19)14(23)24)17-12(21)8(5-25)16-9(20)4-15/h6-8,10-11,19,25H,4-5,15H2,1-3H3,(H,16,20)(H,17,21)(H,18,22)(H,23,24). The first-order valence-corrected chi connectivity index (χ1v) is 8.30. The fourth-order valence-corrected chi connectivity index (χ4v) is 2.13. The maximum absolute atomic E-state index is 12.3. The normalized spacial score (nSPS) is 15.6. The largest absolute Gasteiger partial charge is 0.480 e. The molecular weight excluding hydrogens is 352 g/mol. The van der Waals surface area contributed by atoms with Crippen molar-refractivity contribution in [2.45, 2.75) is 45.0 Å². The Hall–Kier alpha value is -1.85. The number of aliphatic hydroxyl groups excluding tert-OH is 1. The Morgan fingerprint density at radius 2 is 1.52 bits per heavy atom. The number of hydrogen-bond donors (Lipinski definition) is 7. The van der Waals surface area contributed by atoms with Gasteiger partial charge in [-0.2, -0.15) is 12.6 Å². The van der Waals surface area contributed by atoms with Crippen LogP contribution in [0.25, 0.3) is 0 Å². The molecule has 11 heteroatoms. The van der Waals surface area contributed by atoms with E-state index in [1.807, 2.05) is 0 Å². The van der Waals surface area contributed by atoms with Crippen LogP contribution in [0.15, 0.2) is 0 Å². The highest BCUT2D eigenvalue weighted by molar-refractivity contribution is 7.80. The second-order valence-corrected chi connectivity index (χ2v) is 6.17. The summed E-state index contributed by atoms with van der Waals surface area (Å²) in [4.78, 5) is 46.9. The second-order valence-electron chi connectivity index (χ2n) is 5.80. The number of aliphatic carboxylic acids is 1. The van der Waals surface area contributed by atoms with Gasteiger partial charge in [-0.25, -0.2) is 4.79 Å². The van der Waals surface area contributed by atoms with Crippen molar-refractivity contribution in [3.05, 3.63) is 0 Å². The maximum Gasteiger partial charge on any atom is 0.328 e. The number of hydrogen-bond acceptors (Lipinski definition) is 7. The topological polar surface area (TPSA) is 171 Å². The van der Waals surface area contributed by atoms with Crippen molar-refractivity contribution in [3.8, 4) is 0 Å². The van der Waals surface area contributed by atoms with E-state index in [0.29, 0.717) is 0 Å². The molecule has 0 heterocycles. The fraction of sp³-hybridized carbons (Fsp3) is 0.714. The van der Waals surface area contributed by atoms with Crippen molar-refractivity contribution >= 4 is 36.3 Å². The van der Waals surface area contributed by atoms with Crippen LogP contribution in [-0.4, -0.2) is 70.4 Å². The zero-order valence-corrected chi connectivity index (χ0v) is 15.2. The molecule has 144 valence electrons. The van der Waals surface area contributed by atoms with Gasteiger partial charge in [-0.05, 0) is 12.8 Å². The summed E-state index contributed by atoms with van der Waals surface area (Å²) >= 11 is 3.98. The van der Waals surface area contributed by atoms with Crippen molar-refractivity contribution in [1.29, 1.82) is 0 Å². The number of carboxylic acid groups (broad SMARTS) is 1. The van der Waals surface area contributed by atoms with Gasteiger partial charge in [0.05, 0.1) is 12.6 Å². The third kappa shape index (κ3) is 7.71. The van der Waals surface area contributed by atoms with Crippen LogP contribution in [0.4, 0.5) is 0 Å². The molecule has 0 radical (unpaired) electrons. The van der Waals surface area contributed by atoms with Crippen molar-refractivity contribution in [2.75, 3.05) is 12.3 Å². The molecule has 4 atom stereocenters. The fourth-order valence-electron chi connectivity index (χ4n) is 1.87. The number of rotatable bonds is 10. The summed E-state index contributed by atoms with van der Waals surface area (Å²) in [6, 6.07) is -3.57. The number of thiol groups is 1. The Kier molecular flexibility index (Phi) is 10.1. The Morgan fingerprint density at radius 1 is 1.00 bits per heavy atom. The summed E-state index contributed by atoms with van der Waals surface area (Å²) in [6.45, 7) is 4.22. The molecule has 3 amide bonds. The average Bonchev–Trinajstić information content (AvgIpc) is 2.53. The predicted molar refractivity (Wildman–Crippen MR) is 92.9 cm³/mol. The SMILES string of the molecule is CC(C)C(NC(=O)C(CS)NC(=O)CN)C(=O)NC(C(=O)O)C(C)O. The van der Waals surface area contributed by atoms with Crippen LogP contribution in [0.3, 0.4) is 0 Å². The van der Waals surface area contributed by atoms with Gasteiger partial charge in [-0.3, -0.25) is 14.4 Å². The molecule has 0 aromatic carbocycles. The van der Waals surface area contributed by atoms with Gasteiger partial charge < -0.3 is 31.9 Å². The second kappa shape index (κ2) is 10.9. The Morgan fingerprint density at radius 3 is 1.88 bits per heavy atom. The Labute approximate surface area is 151 Å². The minimum atomic E-state index is -1.51. The molecule has 0 saturated carbocycles. The summed E-state index contributed by atoms with van der Waals surface area (Å²) in [5.41, 5.74) is 5.17. The minimum Gasteiger partial charge on any atom is -0.480 e. The number of amides is 3. The van der Waals surface area contributed by atoms with Crippen LogP contribution in [-0.2, 0) is 19.2 Å². The van der Waals surface area contributed by atoms with E-state index in [9.17, 15) is 24.3 Å². The van der Waals surface area contributed by atoms with Gasteiger partial charge >= 0.3 is 5.97 Å². The predicted octanol–water partition coefficient (Wildman–Crippen LogP) is -2.55. The quantitative estimate of drug-likeness (QED) is 0.205. The molecule has 25 heavy (non-hydrogen) atoms. The number of aliphatic hydroxyl groups is 1. The number of carbonyl (C=O) groups excluding carboxylic acids is 3. The number of nitrogens with one attached hydrogen (secondary N) is 3. The monoisotopic (exact) mass is 378 g/mol. The van der Waals surface area contributed by atoms with E-state index in [2.05, 4.69) is 28.6 Å². The van der Waals surface area contributed by atoms with E-state index in [1.165, 1.54) is 6.92 Å². The molecule has 0 fully saturated rings. The average molecular weight is 378 g/mol. The van der Waals surface area contributed by atoms with Crippen LogP contribution in [0.1, 0.15) is 20.8 Å². The molecule has 0 aliphatic rings. The lowest BCUT2D eigenvalue weighted by molar-refractivity contribution is -0.145. The Bertz CT molecular complexity index is 500. The maximum atomic E-state index is 12.3. The molecule has 0 bridgehead atoms. The van der Waals surface area contributed by atoms with E-state index in [-0.39, 0.29) is 18.2 Å². The van der Waals surface area contributed by atoms with Gasteiger partial charge in [0.25, 0.3) is 0 Å². The lowest BCUT2D eigenvalue weighted by Crippen LogP contribution is -2.59. The third-order valence-electron chi connectivity index (χ3n) is 3.31. The molecule has 0 rings (SSSR count). The minimum absolute atomic E-state index is 0.0184. The number of nitrogens with two attached hydrogens (primary N) is 1. The summed E-state index contributed by atoms with van der Waals surface area (Å²) in [5.74, 6) is -3.78. The van der Waals surface area contributed by atoms with E-state index < -0.39 is 47.9 Å². The first-order chi connectivity index (χ1) is 11.5. The van der Waals surface area contributed by atoms with Crippen LogP contribution >= 0.6 is 12.6 Å². The van der Waals surface area contributed by atoms with Gasteiger partial charge in [0, 0.05) is 5.75 Å². The third-order valence-corrected chi connectivity index (χ3v) is 3.68. The lowest BCUT2D eigenvalue weighted by atomic mass is 10.0. The van der Waals surface area contributed by atoms with E-state index in [4.69, 9.17) is 10.8 Å². The summed E-state index contributed by atoms with van der Waals surface area (Å²) in [5, 5.41) is 25.4. The molecular formula is C14H26N4O6S. The summed E-state index contributed by atoms with van der Waals surface area (Å²) < 4.78 is 0. The number of carbonyl (C=O) groups is 4. The molecule has 0 aromatic rings.